The third-order valence-corrected chi connectivity index (χ3v) is 7.14. The highest BCUT2D eigenvalue weighted by molar-refractivity contribution is 9.10. The number of halogens is 3. The van der Waals surface area contributed by atoms with Crippen LogP contribution < -0.4 is 4.90 Å². The van der Waals surface area contributed by atoms with Gasteiger partial charge < -0.3 is 4.90 Å². The van der Waals surface area contributed by atoms with Crippen molar-refractivity contribution in [3.05, 3.63) is 57.0 Å². The number of anilines is 1. The predicted octanol–water partition coefficient (Wildman–Crippen LogP) is 4.27. The topological polar surface area (TPSA) is 40.6 Å². The zero-order chi connectivity index (χ0) is 17.3. The SMILES string of the molecule is O=S(=O)(c1ccc(Br)cc1Cl)N1CCN(c2ccccc2Cl)CC1. The molecule has 0 bridgehead atoms. The third-order valence-electron chi connectivity index (χ3n) is 3.94. The van der Waals surface area contributed by atoms with Gasteiger partial charge in [0.05, 0.1) is 15.7 Å². The lowest BCUT2D eigenvalue weighted by Crippen LogP contribution is -2.48. The van der Waals surface area contributed by atoms with Gasteiger partial charge in [0.15, 0.2) is 0 Å². The molecule has 4 nitrogen and oxygen atoms in total. The average molecular weight is 450 g/mol. The van der Waals surface area contributed by atoms with Crippen molar-refractivity contribution in [2.75, 3.05) is 31.1 Å². The van der Waals surface area contributed by atoms with E-state index in [4.69, 9.17) is 23.2 Å². The Morgan fingerprint density at radius 1 is 0.917 bits per heavy atom. The summed E-state index contributed by atoms with van der Waals surface area (Å²) in [5, 5.41) is 0.891. The van der Waals surface area contributed by atoms with Crippen LogP contribution in [0.2, 0.25) is 10.0 Å². The van der Waals surface area contributed by atoms with E-state index in [0.717, 1.165) is 10.2 Å². The summed E-state index contributed by atoms with van der Waals surface area (Å²) in [6, 6.07) is 12.4. The predicted molar refractivity (Wildman–Crippen MR) is 102 cm³/mol. The molecule has 0 aliphatic carbocycles. The summed E-state index contributed by atoms with van der Waals surface area (Å²) in [5.41, 5.74) is 0.929. The maximum absolute atomic E-state index is 12.8. The molecule has 0 atom stereocenters. The van der Waals surface area contributed by atoms with Crippen LogP contribution in [-0.2, 0) is 10.0 Å². The standard InChI is InChI=1S/C16H15BrCl2N2O2S/c17-12-5-6-16(14(19)11-12)24(22,23)21-9-7-20(8-10-21)15-4-2-1-3-13(15)18/h1-6,11H,7-10H2. The van der Waals surface area contributed by atoms with Gasteiger partial charge in [0.25, 0.3) is 0 Å². The first kappa shape index (κ1) is 18.0. The van der Waals surface area contributed by atoms with Crippen LogP contribution in [0.3, 0.4) is 0 Å². The van der Waals surface area contributed by atoms with Gasteiger partial charge in [0, 0.05) is 30.7 Å². The van der Waals surface area contributed by atoms with Crippen LogP contribution in [0.15, 0.2) is 51.8 Å². The van der Waals surface area contributed by atoms with E-state index >= 15 is 0 Å². The van der Waals surface area contributed by atoms with Gasteiger partial charge in [-0.1, -0.05) is 51.3 Å². The van der Waals surface area contributed by atoms with Crippen molar-refractivity contribution in [2.45, 2.75) is 4.90 Å². The molecular weight excluding hydrogens is 435 g/mol. The van der Waals surface area contributed by atoms with Crippen molar-refractivity contribution in [1.29, 1.82) is 0 Å². The molecular formula is C16H15BrCl2N2O2S. The number of nitrogens with zero attached hydrogens (tertiary/aromatic N) is 2. The monoisotopic (exact) mass is 448 g/mol. The van der Waals surface area contributed by atoms with E-state index in [1.54, 1.807) is 12.1 Å². The Balaban J connectivity index is 1.78. The molecule has 1 aliphatic heterocycles. The Labute approximate surface area is 160 Å². The van der Waals surface area contributed by atoms with E-state index in [2.05, 4.69) is 20.8 Å². The van der Waals surface area contributed by atoms with E-state index in [0.29, 0.717) is 31.2 Å². The molecule has 1 heterocycles. The van der Waals surface area contributed by atoms with Crippen LogP contribution in [0.1, 0.15) is 0 Å². The van der Waals surface area contributed by atoms with Gasteiger partial charge in [0.1, 0.15) is 4.90 Å². The highest BCUT2D eigenvalue weighted by atomic mass is 79.9. The minimum Gasteiger partial charge on any atom is -0.368 e. The summed E-state index contributed by atoms with van der Waals surface area (Å²) >= 11 is 15.6. The fourth-order valence-electron chi connectivity index (χ4n) is 2.70. The number of rotatable bonds is 3. The Kier molecular flexibility index (Phi) is 5.42. The maximum Gasteiger partial charge on any atom is 0.244 e. The summed E-state index contributed by atoms with van der Waals surface area (Å²) in [7, 11) is -3.60. The molecule has 0 N–H and O–H groups in total. The average Bonchev–Trinajstić information content (AvgIpc) is 2.55. The molecule has 0 aromatic heterocycles. The molecule has 0 spiro atoms. The fourth-order valence-corrected chi connectivity index (χ4v) is 5.39. The number of piperazine rings is 1. The van der Waals surface area contributed by atoms with Gasteiger partial charge in [-0.15, -0.1) is 0 Å². The van der Waals surface area contributed by atoms with Crippen LogP contribution in [0.4, 0.5) is 5.69 Å². The first-order valence-corrected chi connectivity index (χ1v) is 10.3. The number of sulfonamides is 1. The van der Waals surface area contributed by atoms with Crippen molar-refractivity contribution in [3.63, 3.8) is 0 Å². The van der Waals surface area contributed by atoms with Crippen molar-refractivity contribution >= 4 is 54.8 Å². The summed E-state index contributed by atoms with van der Waals surface area (Å²) < 4.78 is 27.8. The molecule has 24 heavy (non-hydrogen) atoms. The minimum absolute atomic E-state index is 0.138. The molecule has 2 aromatic carbocycles. The quantitative estimate of drug-likeness (QED) is 0.702. The second-order valence-electron chi connectivity index (χ2n) is 5.42. The van der Waals surface area contributed by atoms with Crippen LogP contribution in [-0.4, -0.2) is 38.9 Å². The lowest BCUT2D eigenvalue weighted by atomic mass is 10.2. The van der Waals surface area contributed by atoms with Gasteiger partial charge in [0.2, 0.25) is 10.0 Å². The van der Waals surface area contributed by atoms with Crippen LogP contribution in [0.5, 0.6) is 0 Å². The highest BCUT2D eigenvalue weighted by Gasteiger charge is 2.30. The summed E-state index contributed by atoms with van der Waals surface area (Å²) in [5.74, 6) is 0. The van der Waals surface area contributed by atoms with E-state index in [1.807, 2.05) is 24.3 Å². The van der Waals surface area contributed by atoms with Crippen molar-refractivity contribution in [1.82, 2.24) is 4.31 Å². The van der Waals surface area contributed by atoms with E-state index in [1.165, 1.54) is 10.4 Å². The van der Waals surface area contributed by atoms with Gasteiger partial charge >= 0.3 is 0 Å². The van der Waals surface area contributed by atoms with Crippen molar-refractivity contribution in [3.8, 4) is 0 Å². The maximum atomic E-state index is 12.8. The smallest absolute Gasteiger partial charge is 0.244 e. The second-order valence-corrected chi connectivity index (χ2v) is 9.05. The lowest BCUT2D eigenvalue weighted by Gasteiger charge is -2.35. The molecule has 8 heteroatoms. The number of hydrogen-bond acceptors (Lipinski definition) is 3. The van der Waals surface area contributed by atoms with Crippen LogP contribution in [0.25, 0.3) is 0 Å². The Morgan fingerprint density at radius 2 is 1.58 bits per heavy atom. The summed E-state index contributed by atoms with van der Waals surface area (Å²) in [6.07, 6.45) is 0. The van der Waals surface area contributed by atoms with Crippen molar-refractivity contribution < 1.29 is 8.42 Å². The van der Waals surface area contributed by atoms with Crippen LogP contribution in [0, 0.1) is 0 Å². The summed E-state index contributed by atoms with van der Waals surface area (Å²) in [4.78, 5) is 2.23. The third kappa shape index (κ3) is 3.58. The van der Waals surface area contributed by atoms with E-state index in [9.17, 15) is 8.42 Å². The van der Waals surface area contributed by atoms with Gasteiger partial charge in [-0.05, 0) is 30.3 Å². The zero-order valence-corrected chi connectivity index (χ0v) is 16.5. The normalized spacial score (nSPS) is 16.4. The first-order chi connectivity index (χ1) is 11.4. The molecule has 2 aromatic rings. The Hall–Kier alpha value is -0.790. The second kappa shape index (κ2) is 7.22. The molecule has 0 amide bonds. The molecule has 0 unspecified atom stereocenters. The molecule has 0 saturated carbocycles. The van der Waals surface area contributed by atoms with Gasteiger partial charge in [-0.2, -0.15) is 4.31 Å². The van der Waals surface area contributed by atoms with Gasteiger partial charge in [-0.25, -0.2) is 8.42 Å². The lowest BCUT2D eigenvalue weighted by molar-refractivity contribution is 0.385. The molecule has 3 rings (SSSR count). The van der Waals surface area contributed by atoms with Crippen LogP contribution >= 0.6 is 39.1 Å². The van der Waals surface area contributed by atoms with Gasteiger partial charge in [-0.3, -0.25) is 0 Å². The Bertz CT molecular complexity index is 853. The van der Waals surface area contributed by atoms with E-state index in [-0.39, 0.29) is 9.92 Å². The van der Waals surface area contributed by atoms with Crippen molar-refractivity contribution in [2.24, 2.45) is 0 Å². The Morgan fingerprint density at radius 3 is 2.21 bits per heavy atom. The molecule has 1 aliphatic rings. The first-order valence-electron chi connectivity index (χ1n) is 7.34. The molecule has 0 radical (unpaired) electrons. The zero-order valence-electron chi connectivity index (χ0n) is 12.6. The fraction of sp³-hybridized carbons (Fsp3) is 0.250. The molecule has 1 saturated heterocycles. The molecule has 128 valence electrons. The number of para-hydroxylation sites is 1. The number of benzene rings is 2. The number of hydrogen-bond donors (Lipinski definition) is 0. The minimum atomic E-state index is -3.60. The molecule has 1 fully saturated rings. The summed E-state index contributed by atoms with van der Waals surface area (Å²) in [6.45, 7) is 1.94. The highest BCUT2D eigenvalue weighted by Crippen LogP contribution is 2.30. The van der Waals surface area contributed by atoms with E-state index < -0.39 is 10.0 Å². The largest absolute Gasteiger partial charge is 0.368 e.